The van der Waals surface area contributed by atoms with Gasteiger partial charge in [0.2, 0.25) is 11.8 Å². The molecule has 10 heteroatoms. The van der Waals surface area contributed by atoms with Crippen LogP contribution in [0.3, 0.4) is 0 Å². The van der Waals surface area contributed by atoms with E-state index < -0.39 is 24.4 Å². The van der Waals surface area contributed by atoms with Crippen LogP contribution in [0.4, 0.5) is 0 Å². The fraction of sp³-hybridized carbons (Fsp3) is 0.207. The molecule has 2 unspecified atom stereocenters. The predicted molar refractivity (Wildman–Crippen MR) is 155 cm³/mol. The summed E-state index contributed by atoms with van der Waals surface area (Å²) in [4.78, 5) is 41.3. The molecule has 0 saturated carbocycles. The minimum atomic E-state index is -0.659. The van der Waals surface area contributed by atoms with Crippen LogP contribution < -0.4 is 5.32 Å². The van der Waals surface area contributed by atoms with Crippen molar-refractivity contribution in [2.24, 2.45) is 0 Å². The Kier molecular flexibility index (Phi) is 8.57. The number of nitrogens with zero attached hydrogens (tertiary/aromatic N) is 1. The van der Waals surface area contributed by atoms with Gasteiger partial charge in [-0.1, -0.05) is 83.9 Å². The zero-order valence-corrected chi connectivity index (χ0v) is 23.9. The van der Waals surface area contributed by atoms with E-state index in [1.165, 1.54) is 11.8 Å². The molecule has 1 saturated heterocycles. The molecular formula is C29H24Cl2N2O4S2. The second-order valence-corrected chi connectivity index (χ2v) is 12.2. The maximum absolute atomic E-state index is 13.1. The Balaban J connectivity index is 1.23. The zero-order chi connectivity index (χ0) is 27.5. The smallest absolute Gasteiger partial charge is 0.316 e. The van der Waals surface area contributed by atoms with Crippen molar-refractivity contribution in [2.45, 2.75) is 35.0 Å². The third kappa shape index (κ3) is 6.14. The highest BCUT2D eigenvalue weighted by atomic mass is 35.5. The van der Waals surface area contributed by atoms with Gasteiger partial charge in [0.25, 0.3) is 0 Å². The fourth-order valence-corrected chi connectivity index (χ4v) is 7.41. The van der Waals surface area contributed by atoms with Crippen LogP contribution in [0.25, 0.3) is 0 Å². The SMILES string of the molecule is CC1=C(NC(=O)CC(=O)OC(c2ccccc2)c2ccccc2)N2C(=O)C(Sc3ccc(Cl)c(Cl)c3)C2SC1. The maximum atomic E-state index is 13.1. The number of halogens is 2. The van der Waals surface area contributed by atoms with Crippen molar-refractivity contribution in [3.8, 4) is 0 Å². The molecule has 3 aromatic rings. The molecule has 2 amide bonds. The molecular weight excluding hydrogens is 575 g/mol. The number of ether oxygens (including phenoxy) is 1. The number of thioether (sulfide) groups is 2. The highest BCUT2D eigenvalue weighted by Crippen LogP contribution is 2.46. The van der Waals surface area contributed by atoms with E-state index in [1.54, 1.807) is 28.8 Å². The summed E-state index contributed by atoms with van der Waals surface area (Å²) in [6.45, 7) is 1.87. The van der Waals surface area contributed by atoms with Crippen molar-refractivity contribution in [3.05, 3.63) is 111 Å². The lowest BCUT2D eigenvalue weighted by Crippen LogP contribution is -2.64. The van der Waals surface area contributed by atoms with Crippen molar-refractivity contribution in [3.63, 3.8) is 0 Å². The molecule has 3 aromatic carbocycles. The van der Waals surface area contributed by atoms with Crippen LogP contribution in [0.1, 0.15) is 30.6 Å². The van der Waals surface area contributed by atoms with Crippen LogP contribution in [0, 0.1) is 0 Å². The largest absolute Gasteiger partial charge is 0.452 e. The summed E-state index contributed by atoms with van der Waals surface area (Å²) in [5.41, 5.74) is 2.47. The van der Waals surface area contributed by atoms with Gasteiger partial charge in [0.1, 0.15) is 22.9 Å². The molecule has 2 aliphatic rings. The molecule has 0 spiro atoms. The number of carbonyl (C=O) groups excluding carboxylic acids is 3. The van der Waals surface area contributed by atoms with Crippen LogP contribution in [-0.2, 0) is 19.1 Å². The zero-order valence-electron chi connectivity index (χ0n) is 20.8. The molecule has 0 radical (unpaired) electrons. The third-order valence-electron chi connectivity index (χ3n) is 6.28. The molecule has 5 rings (SSSR count). The number of rotatable bonds is 8. The number of hydrogen-bond acceptors (Lipinski definition) is 6. The van der Waals surface area contributed by atoms with Gasteiger partial charge in [-0.2, -0.15) is 0 Å². The maximum Gasteiger partial charge on any atom is 0.316 e. The molecule has 2 aliphatic heterocycles. The third-order valence-corrected chi connectivity index (χ3v) is 9.86. The standard InChI is InChI=1S/C29H24Cl2N2O4S2/c1-17-16-38-29-26(39-20-12-13-21(30)22(31)14-20)28(36)33(29)27(17)32-23(34)15-24(35)37-25(18-8-4-2-5-9-18)19-10-6-3-7-11-19/h2-14,25-26,29H,15-16H2,1H3,(H,32,34). The van der Waals surface area contributed by atoms with Crippen LogP contribution >= 0.6 is 46.7 Å². The Bertz CT molecular complexity index is 1400. The summed E-state index contributed by atoms with van der Waals surface area (Å²) in [6.07, 6.45) is -1.12. The normalized spacial score (nSPS) is 18.5. The molecule has 0 aromatic heterocycles. The summed E-state index contributed by atoms with van der Waals surface area (Å²) in [5.74, 6) is -0.220. The van der Waals surface area contributed by atoms with Gasteiger partial charge in [-0.15, -0.1) is 23.5 Å². The average molecular weight is 600 g/mol. The minimum absolute atomic E-state index is 0.117. The number of fused-ring (bicyclic) bond motifs is 1. The average Bonchev–Trinajstić information content (AvgIpc) is 2.94. The monoisotopic (exact) mass is 598 g/mol. The lowest BCUT2D eigenvalue weighted by molar-refractivity contribution is -0.149. The molecule has 200 valence electrons. The van der Waals surface area contributed by atoms with Gasteiger partial charge in [-0.25, -0.2) is 0 Å². The Morgan fingerprint density at radius 1 is 1.03 bits per heavy atom. The Morgan fingerprint density at radius 2 is 1.67 bits per heavy atom. The first-order valence-electron chi connectivity index (χ1n) is 12.2. The van der Waals surface area contributed by atoms with E-state index in [0.29, 0.717) is 21.6 Å². The van der Waals surface area contributed by atoms with E-state index in [2.05, 4.69) is 5.32 Å². The fourth-order valence-electron chi connectivity index (χ4n) is 4.36. The summed E-state index contributed by atoms with van der Waals surface area (Å²) in [5, 5.41) is 3.21. The second kappa shape index (κ2) is 12.1. The topological polar surface area (TPSA) is 75.7 Å². The van der Waals surface area contributed by atoms with E-state index in [-0.39, 0.29) is 16.5 Å². The highest BCUT2D eigenvalue weighted by molar-refractivity contribution is 8.04. The van der Waals surface area contributed by atoms with Gasteiger partial charge in [0.05, 0.1) is 10.0 Å². The van der Waals surface area contributed by atoms with Gasteiger partial charge >= 0.3 is 5.97 Å². The number of β-lactam (4-membered cyclic amide) rings is 1. The van der Waals surface area contributed by atoms with E-state index in [4.69, 9.17) is 27.9 Å². The van der Waals surface area contributed by atoms with E-state index >= 15 is 0 Å². The predicted octanol–water partition coefficient (Wildman–Crippen LogP) is 6.44. The van der Waals surface area contributed by atoms with E-state index in [0.717, 1.165) is 21.6 Å². The lowest BCUT2D eigenvalue weighted by atomic mass is 10.0. The van der Waals surface area contributed by atoms with E-state index in [1.807, 2.05) is 73.7 Å². The van der Waals surface area contributed by atoms with Crippen molar-refractivity contribution >= 4 is 64.5 Å². The first-order chi connectivity index (χ1) is 18.8. The van der Waals surface area contributed by atoms with Gasteiger partial charge in [0, 0.05) is 10.6 Å². The summed E-state index contributed by atoms with van der Waals surface area (Å²) in [6, 6.07) is 24.0. The first-order valence-corrected chi connectivity index (χ1v) is 14.9. The molecule has 6 nitrogen and oxygen atoms in total. The number of nitrogens with one attached hydrogen (secondary N) is 1. The molecule has 2 heterocycles. The number of amides is 2. The molecule has 0 bridgehead atoms. The van der Waals surface area contributed by atoms with Crippen LogP contribution in [-0.4, -0.2) is 39.1 Å². The number of esters is 1. The summed E-state index contributed by atoms with van der Waals surface area (Å²) >= 11 is 15.2. The van der Waals surface area contributed by atoms with Gasteiger partial charge in [-0.3, -0.25) is 19.3 Å². The molecule has 1 N–H and O–H groups in total. The molecule has 2 atom stereocenters. The van der Waals surface area contributed by atoms with E-state index in [9.17, 15) is 14.4 Å². The molecule has 0 aliphatic carbocycles. The minimum Gasteiger partial charge on any atom is -0.452 e. The summed E-state index contributed by atoms with van der Waals surface area (Å²) in [7, 11) is 0. The summed E-state index contributed by atoms with van der Waals surface area (Å²) < 4.78 is 5.77. The van der Waals surface area contributed by atoms with Crippen molar-refractivity contribution in [1.29, 1.82) is 0 Å². The number of hydrogen-bond donors (Lipinski definition) is 1. The molecule has 39 heavy (non-hydrogen) atoms. The lowest BCUT2D eigenvalue weighted by Gasteiger charge is -2.49. The quantitative estimate of drug-likeness (QED) is 0.183. The molecule has 1 fully saturated rings. The highest BCUT2D eigenvalue weighted by Gasteiger charge is 2.52. The van der Waals surface area contributed by atoms with Crippen molar-refractivity contribution < 1.29 is 19.1 Å². The second-order valence-electron chi connectivity index (χ2n) is 9.07. The Morgan fingerprint density at radius 3 is 2.28 bits per heavy atom. The van der Waals surface area contributed by atoms with Gasteiger partial charge in [0.15, 0.2) is 6.10 Å². The number of carbonyl (C=O) groups is 3. The van der Waals surface area contributed by atoms with Crippen LogP contribution in [0.5, 0.6) is 0 Å². The van der Waals surface area contributed by atoms with Crippen LogP contribution in [0.15, 0.2) is 95.2 Å². The Labute approximate surface area is 245 Å². The number of benzene rings is 3. The van der Waals surface area contributed by atoms with Gasteiger partial charge in [-0.05, 0) is 41.8 Å². The van der Waals surface area contributed by atoms with Gasteiger partial charge < -0.3 is 10.1 Å². The van der Waals surface area contributed by atoms with Crippen molar-refractivity contribution in [2.75, 3.05) is 5.75 Å². The van der Waals surface area contributed by atoms with Crippen LogP contribution in [0.2, 0.25) is 10.0 Å². The first kappa shape index (κ1) is 27.6. The Hall–Kier alpha value is -2.91. The van der Waals surface area contributed by atoms with Crippen molar-refractivity contribution in [1.82, 2.24) is 10.2 Å².